The van der Waals surface area contributed by atoms with Crippen LogP contribution in [-0.2, 0) is 6.54 Å². The van der Waals surface area contributed by atoms with E-state index in [1.807, 2.05) is 45.2 Å². The van der Waals surface area contributed by atoms with E-state index >= 15 is 0 Å². The highest BCUT2D eigenvalue weighted by atomic mass is 16.5. The van der Waals surface area contributed by atoms with Crippen molar-refractivity contribution < 1.29 is 4.74 Å². The zero-order valence-electron chi connectivity index (χ0n) is 12.3. The van der Waals surface area contributed by atoms with E-state index in [0.29, 0.717) is 6.54 Å². The van der Waals surface area contributed by atoms with E-state index < -0.39 is 0 Å². The van der Waals surface area contributed by atoms with E-state index in [-0.39, 0.29) is 0 Å². The summed E-state index contributed by atoms with van der Waals surface area (Å²) >= 11 is 0. The van der Waals surface area contributed by atoms with Crippen LogP contribution in [0.25, 0.3) is 0 Å². The number of methoxy groups -OCH3 is 1. The van der Waals surface area contributed by atoms with Crippen LogP contribution in [0, 0.1) is 13.8 Å². The van der Waals surface area contributed by atoms with Gasteiger partial charge in [-0.2, -0.15) is 0 Å². The summed E-state index contributed by atoms with van der Waals surface area (Å²) in [5.74, 6) is 3.32. The van der Waals surface area contributed by atoms with Crippen molar-refractivity contribution in [2.45, 2.75) is 20.4 Å². The Morgan fingerprint density at radius 1 is 1.05 bits per heavy atom. The largest absolute Gasteiger partial charge is 0.497 e. The van der Waals surface area contributed by atoms with Gasteiger partial charge in [0.25, 0.3) is 0 Å². The van der Waals surface area contributed by atoms with Crippen molar-refractivity contribution >= 4 is 11.6 Å². The molecular weight excluding hydrogens is 252 g/mol. The third-order valence-electron chi connectivity index (χ3n) is 3.11. The van der Waals surface area contributed by atoms with Gasteiger partial charge in [0.05, 0.1) is 7.11 Å². The maximum Gasteiger partial charge on any atom is 0.135 e. The Morgan fingerprint density at radius 3 is 2.30 bits per heavy atom. The fraction of sp³-hybridized carbons (Fsp3) is 0.333. The van der Waals surface area contributed by atoms with Crippen LogP contribution in [0.5, 0.6) is 5.75 Å². The molecule has 2 N–H and O–H groups in total. The summed E-state index contributed by atoms with van der Waals surface area (Å²) in [6.07, 6.45) is 0. The van der Waals surface area contributed by atoms with E-state index in [0.717, 1.165) is 28.8 Å². The summed E-state index contributed by atoms with van der Waals surface area (Å²) in [5.41, 5.74) is 2.19. The lowest BCUT2D eigenvalue weighted by Gasteiger charge is -2.12. The van der Waals surface area contributed by atoms with Gasteiger partial charge in [-0.05, 0) is 31.5 Å². The number of rotatable bonds is 5. The van der Waals surface area contributed by atoms with Crippen LogP contribution in [0.15, 0.2) is 24.3 Å². The summed E-state index contributed by atoms with van der Waals surface area (Å²) < 4.78 is 5.15. The molecular formula is C15H20N4O. The molecule has 0 spiro atoms. The van der Waals surface area contributed by atoms with Crippen molar-refractivity contribution in [2.75, 3.05) is 24.8 Å². The van der Waals surface area contributed by atoms with Gasteiger partial charge in [0.1, 0.15) is 23.2 Å². The van der Waals surface area contributed by atoms with Crippen molar-refractivity contribution in [1.29, 1.82) is 0 Å². The highest BCUT2D eigenvalue weighted by Gasteiger charge is 2.07. The van der Waals surface area contributed by atoms with Crippen LogP contribution < -0.4 is 15.4 Å². The van der Waals surface area contributed by atoms with Gasteiger partial charge in [-0.25, -0.2) is 9.97 Å². The third-order valence-corrected chi connectivity index (χ3v) is 3.11. The minimum Gasteiger partial charge on any atom is -0.497 e. The molecule has 2 aromatic rings. The molecule has 106 valence electrons. The number of hydrogen-bond acceptors (Lipinski definition) is 5. The van der Waals surface area contributed by atoms with Gasteiger partial charge in [-0.15, -0.1) is 0 Å². The van der Waals surface area contributed by atoms with Crippen LogP contribution in [0.4, 0.5) is 11.6 Å². The van der Waals surface area contributed by atoms with E-state index in [1.165, 1.54) is 5.56 Å². The maximum atomic E-state index is 5.15. The van der Waals surface area contributed by atoms with E-state index in [1.54, 1.807) is 7.11 Å². The topological polar surface area (TPSA) is 59.1 Å². The van der Waals surface area contributed by atoms with Crippen LogP contribution in [-0.4, -0.2) is 24.1 Å². The van der Waals surface area contributed by atoms with Crippen LogP contribution in [0.2, 0.25) is 0 Å². The number of nitrogens with one attached hydrogen (secondary N) is 2. The second-order valence-electron chi connectivity index (χ2n) is 4.54. The molecule has 0 aliphatic heterocycles. The molecule has 0 aliphatic rings. The summed E-state index contributed by atoms with van der Waals surface area (Å²) in [7, 11) is 3.53. The van der Waals surface area contributed by atoms with Gasteiger partial charge >= 0.3 is 0 Å². The molecule has 2 rings (SSSR count). The predicted molar refractivity (Wildman–Crippen MR) is 81.4 cm³/mol. The number of anilines is 2. The lowest BCUT2D eigenvalue weighted by molar-refractivity contribution is 0.414. The SMILES string of the molecule is CNc1nc(C)nc(NCc2ccc(OC)cc2)c1C. The number of aromatic nitrogens is 2. The number of hydrogen-bond donors (Lipinski definition) is 2. The zero-order valence-corrected chi connectivity index (χ0v) is 12.3. The average molecular weight is 272 g/mol. The fourth-order valence-electron chi connectivity index (χ4n) is 1.97. The van der Waals surface area contributed by atoms with Crippen LogP contribution >= 0.6 is 0 Å². The highest BCUT2D eigenvalue weighted by molar-refractivity contribution is 5.57. The van der Waals surface area contributed by atoms with Gasteiger partial charge in [-0.1, -0.05) is 12.1 Å². The van der Waals surface area contributed by atoms with Crippen molar-refractivity contribution in [3.05, 3.63) is 41.2 Å². The van der Waals surface area contributed by atoms with Gasteiger partial charge in [0.15, 0.2) is 0 Å². The molecule has 0 atom stereocenters. The van der Waals surface area contributed by atoms with Crippen molar-refractivity contribution in [2.24, 2.45) is 0 Å². The molecule has 1 aromatic heterocycles. The Kier molecular flexibility index (Phi) is 4.40. The fourth-order valence-corrected chi connectivity index (χ4v) is 1.97. The van der Waals surface area contributed by atoms with Gasteiger partial charge in [-0.3, -0.25) is 0 Å². The molecule has 5 nitrogen and oxygen atoms in total. The molecule has 0 saturated heterocycles. The third kappa shape index (κ3) is 3.17. The van der Waals surface area contributed by atoms with Crippen molar-refractivity contribution in [1.82, 2.24) is 9.97 Å². The first-order valence-corrected chi connectivity index (χ1v) is 6.54. The van der Waals surface area contributed by atoms with E-state index in [2.05, 4.69) is 20.6 Å². The van der Waals surface area contributed by atoms with Gasteiger partial charge in [0, 0.05) is 19.2 Å². The van der Waals surface area contributed by atoms with Crippen molar-refractivity contribution in [3.63, 3.8) is 0 Å². The highest BCUT2D eigenvalue weighted by Crippen LogP contribution is 2.20. The monoisotopic (exact) mass is 272 g/mol. The number of benzene rings is 1. The minimum absolute atomic E-state index is 0.713. The molecule has 5 heteroatoms. The van der Waals surface area contributed by atoms with E-state index in [9.17, 15) is 0 Å². The van der Waals surface area contributed by atoms with Crippen LogP contribution in [0.3, 0.4) is 0 Å². The lowest BCUT2D eigenvalue weighted by Crippen LogP contribution is -2.08. The summed E-state index contributed by atoms with van der Waals surface area (Å²) in [5, 5.41) is 6.43. The normalized spacial score (nSPS) is 10.2. The first-order valence-electron chi connectivity index (χ1n) is 6.54. The summed E-state index contributed by atoms with van der Waals surface area (Å²) in [4.78, 5) is 8.79. The predicted octanol–water partition coefficient (Wildman–Crippen LogP) is 2.76. The molecule has 0 radical (unpaired) electrons. The van der Waals surface area contributed by atoms with Crippen LogP contribution in [0.1, 0.15) is 17.0 Å². The summed E-state index contributed by atoms with van der Waals surface area (Å²) in [6, 6.07) is 7.98. The standard InChI is InChI=1S/C15H20N4O/c1-10-14(16-3)18-11(2)19-15(10)17-9-12-5-7-13(20-4)8-6-12/h5-8H,9H2,1-4H3,(H2,16,17,18,19). The molecule has 0 aliphatic carbocycles. The van der Waals surface area contributed by atoms with Crippen molar-refractivity contribution in [3.8, 4) is 5.75 Å². The molecule has 0 bridgehead atoms. The quantitative estimate of drug-likeness (QED) is 0.876. The Balaban J connectivity index is 2.11. The number of ether oxygens (including phenoxy) is 1. The zero-order chi connectivity index (χ0) is 14.5. The van der Waals surface area contributed by atoms with Gasteiger partial charge < -0.3 is 15.4 Å². The average Bonchev–Trinajstić information content (AvgIpc) is 2.48. The molecule has 0 amide bonds. The smallest absolute Gasteiger partial charge is 0.135 e. The second kappa shape index (κ2) is 6.23. The molecule has 0 unspecified atom stereocenters. The van der Waals surface area contributed by atoms with E-state index in [4.69, 9.17) is 4.74 Å². The molecule has 20 heavy (non-hydrogen) atoms. The molecule has 0 fully saturated rings. The Morgan fingerprint density at radius 2 is 1.70 bits per heavy atom. The second-order valence-corrected chi connectivity index (χ2v) is 4.54. The Hall–Kier alpha value is -2.30. The first kappa shape index (κ1) is 14.1. The summed E-state index contributed by atoms with van der Waals surface area (Å²) in [6.45, 7) is 4.60. The van der Waals surface area contributed by atoms with Gasteiger partial charge in [0.2, 0.25) is 0 Å². The first-order chi connectivity index (χ1) is 9.63. The Labute approximate surface area is 119 Å². The Bertz CT molecular complexity index is 581. The number of aryl methyl sites for hydroxylation is 1. The molecule has 0 saturated carbocycles. The lowest BCUT2D eigenvalue weighted by atomic mass is 10.2. The molecule has 1 aromatic carbocycles. The minimum atomic E-state index is 0.713. The number of nitrogens with zero attached hydrogens (tertiary/aromatic N) is 2. The maximum absolute atomic E-state index is 5.15. The molecule has 1 heterocycles.